The minimum Gasteiger partial charge on any atom is -0.482 e. The third-order valence-corrected chi connectivity index (χ3v) is 3.13. The molecule has 0 aliphatic carbocycles. The van der Waals surface area contributed by atoms with Crippen LogP contribution in [0.1, 0.15) is 13.3 Å². The average molecular weight is 315 g/mol. The van der Waals surface area contributed by atoms with Gasteiger partial charge in [0.15, 0.2) is 11.5 Å². The van der Waals surface area contributed by atoms with E-state index in [1.54, 1.807) is 31.2 Å². The third kappa shape index (κ3) is 3.63. The number of fused-ring (bicyclic) bond motifs is 1. The molecule has 120 valence electrons. The molecule has 0 bridgehead atoms. The second-order valence-electron chi connectivity index (χ2n) is 4.83. The van der Waals surface area contributed by atoms with Crippen LogP contribution in [0.2, 0.25) is 0 Å². The minimum atomic E-state index is -2.84. The van der Waals surface area contributed by atoms with Crippen LogP contribution in [-0.2, 0) is 9.59 Å². The van der Waals surface area contributed by atoms with E-state index >= 15 is 0 Å². The number of carboxylic acid groups (broad SMARTS) is 1. The molecule has 6 nitrogen and oxygen atoms in total. The molecule has 0 fully saturated rings. The van der Waals surface area contributed by atoms with Crippen LogP contribution in [0.15, 0.2) is 24.3 Å². The van der Waals surface area contributed by atoms with Gasteiger partial charge in [0.05, 0.1) is 0 Å². The van der Waals surface area contributed by atoms with Crippen LogP contribution >= 0.6 is 0 Å². The van der Waals surface area contributed by atoms with Crippen LogP contribution in [0.4, 0.5) is 8.78 Å². The second-order valence-corrected chi connectivity index (χ2v) is 4.83. The van der Waals surface area contributed by atoms with Gasteiger partial charge in [0.1, 0.15) is 12.1 Å². The Morgan fingerprint density at radius 2 is 1.86 bits per heavy atom. The van der Waals surface area contributed by atoms with Crippen molar-refractivity contribution in [1.82, 2.24) is 5.32 Å². The number of para-hydroxylation sites is 2. The number of carbonyl (C=O) groups is 2. The maximum atomic E-state index is 12.3. The van der Waals surface area contributed by atoms with Crippen molar-refractivity contribution in [1.29, 1.82) is 0 Å². The number of carbonyl (C=O) groups excluding carboxylic acids is 1. The van der Waals surface area contributed by atoms with Crippen LogP contribution in [0.25, 0.3) is 0 Å². The molecule has 0 saturated carbocycles. The zero-order chi connectivity index (χ0) is 16.3. The van der Waals surface area contributed by atoms with Crippen molar-refractivity contribution >= 4 is 11.9 Å². The number of nitrogens with one attached hydrogen (secondary N) is 1. The summed E-state index contributed by atoms with van der Waals surface area (Å²) in [4.78, 5) is 23.0. The van der Waals surface area contributed by atoms with Gasteiger partial charge in [0.2, 0.25) is 12.5 Å². The van der Waals surface area contributed by atoms with Crippen LogP contribution in [0.3, 0.4) is 0 Å². The molecule has 3 unspecified atom stereocenters. The van der Waals surface area contributed by atoms with Gasteiger partial charge in [-0.3, -0.25) is 4.79 Å². The standard InChI is InChI=1S/C14H15F2NO5/c1-7-12(22-10-5-3-2-4-9(10)21-7)13(18)17-8(14(19)20)6-11(15)16/h2-5,7-8,11-12H,6H2,1H3,(H,17,18)(H,19,20). The van der Waals surface area contributed by atoms with Crippen LogP contribution < -0.4 is 14.8 Å². The van der Waals surface area contributed by atoms with E-state index in [0.717, 1.165) is 0 Å². The van der Waals surface area contributed by atoms with E-state index in [1.165, 1.54) is 0 Å². The zero-order valence-electron chi connectivity index (χ0n) is 11.7. The van der Waals surface area contributed by atoms with Crippen LogP contribution in [0, 0.1) is 0 Å². The number of alkyl halides is 2. The van der Waals surface area contributed by atoms with Crippen LogP contribution in [-0.4, -0.2) is 41.7 Å². The highest BCUT2D eigenvalue weighted by atomic mass is 19.3. The predicted octanol–water partition coefficient (Wildman–Crippen LogP) is 1.44. The number of amides is 1. The summed E-state index contributed by atoms with van der Waals surface area (Å²) in [6, 6.07) is 5.00. The second kappa shape index (κ2) is 6.59. The van der Waals surface area contributed by atoms with Crippen molar-refractivity contribution in [2.75, 3.05) is 0 Å². The molecule has 2 rings (SSSR count). The summed E-state index contributed by atoms with van der Waals surface area (Å²) in [6.45, 7) is 1.57. The van der Waals surface area contributed by atoms with E-state index < -0.39 is 43.0 Å². The molecule has 22 heavy (non-hydrogen) atoms. The van der Waals surface area contributed by atoms with Gasteiger partial charge >= 0.3 is 5.97 Å². The number of hydrogen-bond donors (Lipinski definition) is 2. The van der Waals surface area contributed by atoms with Crippen molar-refractivity contribution in [3.8, 4) is 11.5 Å². The molecule has 1 aliphatic heterocycles. The first-order chi connectivity index (χ1) is 10.4. The molecule has 1 amide bonds. The quantitative estimate of drug-likeness (QED) is 0.859. The Labute approximate surface area is 125 Å². The lowest BCUT2D eigenvalue weighted by atomic mass is 10.1. The van der Waals surface area contributed by atoms with Gasteiger partial charge in [-0.15, -0.1) is 0 Å². The Hall–Kier alpha value is -2.38. The van der Waals surface area contributed by atoms with Crippen molar-refractivity contribution in [3.05, 3.63) is 24.3 Å². The van der Waals surface area contributed by atoms with Gasteiger partial charge in [0.25, 0.3) is 5.91 Å². The largest absolute Gasteiger partial charge is 0.482 e. The van der Waals surface area contributed by atoms with E-state index in [0.29, 0.717) is 11.5 Å². The van der Waals surface area contributed by atoms with Gasteiger partial charge in [-0.2, -0.15) is 0 Å². The molecule has 0 saturated heterocycles. The van der Waals surface area contributed by atoms with Gasteiger partial charge in [-0.05, 0) is 19.1 Å². The SMILES string of the molecule is CC1Oc2ccccc2OC1C(=O)NC(CC(F)F)C(=O)O. The summed E-state index contributed by atoms with van der Waals surface area (Å²) in [5, 5.41) is 10.9. The van der Waals surface area contributed by atoms with Crippen molar-refractivity contribution in [2.24, 2.45) is 0 Å². The van der Waals surface area contributed by atoms with E-state index in [-0.39, 0.29) is 0 Å². The Bertz CT molecular complexity index is 566. The molecule has 0 aromatic heterocycles. The first-order valence-corrected chi connectivity index (χ1v) is 6.62. The maximum Gasteiger partial charge on any atom is 0.326 e. The third-order valence-electron chi connectivity index (χ3n) is 3.13. The highest BCUT2D eigenvalue weighted by molar-refractivity contribution is 5.87. The summed E-state index contributed by atoms with van der Waals surface area (Å²) >= 11 is 0. The topological polar surface area (TPSA) is 84.9 Å². The Balaban J connectivity index is 2.07. The zero-order valence-corrected chi connectivity index (χ0v) is 11.7. The number of halogens is 2. The van der Waals surface area contributed by atoms with Gasteiger partial charge in [-0.25, -0.2) is 13.6 Å². The fourth-order valence-electron chi connectivity index (χ4n) is 2.06. The molecule has 8 heteroatoms. The van der Waals surface area contributed by atoms with Crippen molar-refractivity contribution in [2.45, 2.75) is 38.0 Å². The van der Waals surface area contributed by atoms with E-state index in [4.69, 9.17) is 14.6 Å². The number of rotatable bonds is 5. The molecular formula is C14H15F2NO5. The molecule has 0 spiro atoms. The number of hydrogen-bond acceptors (Lipinski definition) is 4. The number of carboxylic acids is 1. The van der Waals surface area contributed by atoms with Crippen molar-refractivity contribution < 1.29 is 33.0 Å². The average Bonchev–Trinajstić information content (AvgIpc) is 2.45. The summed E-state index contributed by atoms with van der Waals surface area (Å²) in [7, 11) is 0. The fraction of sp³-hybridized carbons (Fsp3) is 0.429. The lowest BCUT2D eigenvalue weighted by molar-refractivity contribution is -0.145. The Morgan fingerprint density at radius 1 is 1.27 bits per heavy atom. The highest BCUT2D eigenvalue weighted by Crippen LogP contribution is 2.33. The minimum absolute atomic E-state index is 0.335. The highest BCUT2D eigenvalue weighted by Gasteiger charge is 2.36. The monoisotopic (exact) mass is 315 g/mol. The molecule has 1 aromatic carbocycles. The Kier molecular flexibility index (Phi) is 4.79. The van der Waals surface area contributed by atoms with Crippen LogP contribution in [0.5, 0.6) is 11.5 Å². The predicted molar refractivity (Wildman–Crippen MR) is 71.1 cm³/mol. The van der Waals surface area contributed by atoms with E-state index in [9.17, 15) is 18.4 Å². The van der Waals surface area contributed by atoms with Gasteiger partial charge < -0.3 is 19.9 Å². The molecule has 1 heterocycles. The number of aliphatic carboxylic acids is 1. The normalized spacial score (nSPS) is 21.3. The molecule has 3 atom stereocenters. The molecule has 2 N–H and O–H groups in total. The lowest BCUT2D eigenvalue weighted by Gasteiger charge is -2.31. The maximum absolute atomic E-state index is 12.3. The molecule has 0 radical (unpaired) electrons. The molecule has 1 aromatic rings. The van der Waals surface area contributed by atoms with Gasteiger partial charge in [-0.1, -0.05) is 12.1 Å². The first kappa shape index (κ1) is 16.0. The number of benzene rings is 1. The van der Waals surface area contributed by atoms with Gasteiger partial charge in [0, 0.05) is 6.42 Å². The summed E-state index contributed by atoms with van der Waals surface area (Å²) in [5.41, 5.74) is 0. The fourth-order valence-corrected chi connectivity index (χ4v) is 2.06. The smallest absolute Gasteiger partial charge is 0.326 e. The molecule has 1 aliphatic rings. The van der Waals surface area contributed by atoms with Crippen molar-refractivity contribution in [3.63, 3.8) is 0 Å². The first-order valence-electron chi connectivity index (χ1n) is 6.62. The molecular weight excluding hydrogens is 300 g/mol. The summed E-state index contributed by atoms with van der Waals surface area (Å²) in [5.74, 6) is -1.55. The summed E-state index contributed by atoms with van der Waals surface area (Å²) in [6.07, 6.45) is -5.62. The summed E-state index contributed by atoms with van der Waals surface area (Å²) < 4.78 is 35.7. The number of ether oxygens (including phenoxy) is 2. The van der Waals surface area contributed by atoms with E-state index in [1.807, 2.05) is 0 Å². The lowest BCUT2D eigenvalue weighted by Crippen LogP contribution is -2.53. The van der Waals surface area contributed by atoms with E-state index in [2.05, 4.69) is 5.32 Å². The Morgan fingerprint density at radius 3 is 2.41 bits per heavy atom.